The van der Waals surface area contributed by atoms with E-state index < -0.39 is 0 Å². The van der Waals surface area contributed by atoms with Crippen molar-refractivity contribution in [2.24, 2.45) is 23.2 Å². The van der Waals surface area contributed by atoms with Gasteiger partial charge in [0.1, 0.15) is 0 Å². The summed E-state index contributed by atoms with van der Waals surface area (Å²) in [6.45, 7) is 7.16. The van der Waals surface area contributed by atoms with Gasteiger partial charge in [-0.05, 0) is 68.1 Å². The third-order valence-electron chi connectivity index (χ3n) is 7.91. The van der Waals surface area contributed by atoms with Gasteiger partial charge in [-0.15, -0.1) is 0 Å². The fourth-order valence-corrected chi connectivity index (χ4v) is 5.96. The van der Waals surface area contributed by atoms with Gasteiger partial charge in [-0.1, -0.05) is 85.0 Å². The van der Waals surface area contributed by atoms with Gasteiger partial charge in [-0.25, -0.2) is 0 Å². The predicted octanol–water partition coefficient (Wildman–Crippen LogP) is 8.54. The molecule has 0 radical (unpaired) electrons. The SMILES string of the molecule is CCCCCCC[C@]1(CC)CC[C@@H](C2CCC(CCC)CC2)CC1. The second kappa shape index (κ2) is 10.9. The van der Waals surface area contributed by atoms with Gasteiger partial charge < -0.3 is 0 Å². The molecule has 0 atom stereocenters. The summed E-state index contributed by atoms with van der Waals surface area (Å²) in [5, 5.41) is 0. The third-order valence-corrected chi connectivity index (χ3v) is 7.91. The van der Waals surface area contributed by atoms with Gasteiger partial charge in [0.05, 0.1) is 0 Å². The highest BCUT2D eigenvalue weighted by Gasteiger charge is 2.36. The predicted molar refractivity (Wildman–Crippen MR) is 108 cm³/mol. The van der Waals surface area contributed by atoms with Crippen LogP contribution in [0.15, 0.2) is 0 Å². The van der Waals surface area contributed by atoms with Crippen molar-refractivity contribution in [2.75, 3.05) is 0 Å². The van der Waals surface area contributed by atoms with E-state index in [2.05, 4.69) is 20.8 Å². The van der Waals surface area contributed by atoms with E-state index >= 15 is 0 Å². The molecule has 24 heavy (non-hydrogen) atoms. The Hall–Kier alpha value is 0. The summed E-state index contributed by atoms with van der Waals surface area (Å²) in [4.78, 5) is 0. The lowest BCUT2D eigenvalue weighted by Gasteiger charge is -2.44. The van der Waals surface area contributed by atoms with E-state index in [0.29, 0.717) is 0 Å². The van der Waals surface area contributed by atoms with Crippen molar-refractivity contribution in [3.8, 4) is 0 Å². The molecule has 0 amide bonds. The molecule has 0 aromatic rings. The molecule has 2 aliphatic rings. The second-order valence-corrected chi connectivity index (χ2v) is 9.42. The van der Waals surface area contributed by atoms with Gasteiger partial charge in [-0.3, -0.25) is 0 Å². The maximum atomic E-state index is 2.47. The maximum absolute atomic E-state index is 2.47. The average Bonchev–Trinajstić information content (AvgIpc) is 2.63. The molecule has 142 valence electrons. The highest BCUT2D eigenvalue weighted by atomic mass is 14.4. The highest BCUT2D eigenvalue weighted by molar-refractivity contribution is 4.88. The van der Waals surface area contributed by atoms with Crippen LogP contribution in [0.1, 0.15) is 130 Å². The van der Waals surface area contributed by atoms with Crippen molar-refractivity contribution >= 4 is 0 Å². The van der Waals surface area contributed by atoms with E-state index in [1.807, 2.05) is 0 Å². The zero-order chi connectivity index (χ0) is 17.3. The van der Waals surface area contributed by atoms with E-state index in [1.165, 1.54) is 57.8 Å². The first-order valence-corrected chi connectivity index (χ1v) is 11.7. The minimum absolute atomic E-state index is 0.738. The fourth-order valence-electron chi connectivity index (χ4n) is 5.96. The Morgan fingerprint density at radius 2 is 1.29 bits per heavy atom. The number of hydrogen-bond donors (Lipinski definition) is 0. The van der Waals surface area contributed by atoms with Crippen LogP contribution in [-0.4, -0.2) is 0 Å². The van der Waals surface area contributed by atoms with Gasteiger partial charge in [0.25, 0.3) is 0 Å². The van der Waals surface area contributed by atoms with Crippen LogP contribution in [0.3, 0.4) is 0 Å². The Bertz CT molecular complexity index is 302. The number of hydrogen-bond acceptors (Lipinski definition) is 0. The lowest BCUT2D eigenvalue weighted by atomic mass is 9.62. The summed E-state index contributed by atoms with van der Waals surface area (Å²) < 4.78 is 0. The molecule has 2 fully saturated rings. The first kappa shape index (κ1) is 20.3. The van der Waals surface area contributed by atoms with Gasteiger partial charge in [0.2, 0.25) is 0 Å². The molecule has 0 unspecified atom stereocenters. The molecule has 0 aromatic heterocycles. The van der Waals surface area contributed by atoms with Crippen molar-refractivity contribution in [3.05, 3.63) is 0 Å². The molecule has 2 rings (SSSR count). The Balaban J connectivity index is 1.69. The molecule has 2 aliphatic carbocycles. The second-order valence-electron chi connectivity index (χ2n) is 9.42. The molecule has 0 heteroatoms. The van der Waals surface area contributed by atoms with Crippen molar-refractivity contribution in [3.63, 3.8) is 0 Å². The molecular weight excluding hydrogens is 288 g/mol. The number of unbranched alkanes of at least 4 members (excludes halogenated alkanes) is 4. The lowest BCUT2D eigenvalue weighted by molar-refractivity contribution is 0.0798. The zero-order valence-corrected chi connectivity index (χ0v) is 17.3. The molecular formula is C24H46. The Labute approximate surface area is 153 Å². The van der Waals surface area contributed by atoms with E-state index in [1.54, 1.807) is 51.4 Å². The van der Waals surface area contributed by atoms with Crippen LogP contribution >= 0.6 is 0 Å². The van der Waals surface area contributed by atoms with Crippen LogP contribution in [0.5, 0.6) is 0 Å². The van der Waals surface area contributed by atoms with Gasteiger partial charge >= 0.3 is 0 Å². The fraction of sp³-hybridized carbons (Fsp3) is 1.00. The molecule has 0 bridgehead atoms. The summed E-state index contributed by atoms with van der Waals surface area (Å²) in [7, 11) is 0. The minimum Gasteiger partial charge on any atom is -0.0654 e. The van der Waals surface area contributed by atoms with E-state index in [-0.39, 0.29) is 0 Å². The van der Waals surface area contributed by atoms with Crippen LogP contribution in [0, 0.1) is 23.2 Å². The molecule has 0 heterocycles. The first-order valence-electron chi connectivity index (χ1n) is 11.7. The Morgan fingerprint density at radius 1 is 0.667 bits per heavy atom. The first-order chi connectivity index (χ1) is 11.7. The van der Waals surface area contributed by atoms with Gasteiger partial charge in [-0.2, -0.15) is 0 Å². The molecule has 0 spiro atoms. The summed E-state index contributed by atoms with van der Waals surface area (Å²) in [6.07, 6.45) is 25.6. The Kier molecular flexibility index (Phi) is 9.20. The average molecular weight is 335 g/mol. The third kappa shape index (κ3) is 6.06. The van der Waals surface area contributed by atoms with Crippen LogP contribution in [-0.2, 0) is 0 Å². The topological polar surface area (TPSA) is 0 Å². The normalized spacial score (nSPS) is 34.4. The molecule has 0 N–H and O–H groups in total. The largest absolute Gasteiger partial charge is 0.0654 e. The van der Waals surface area contributed by atoms with Crippen molar-refractivity contribution in [1.29, 1.82) is 0 Å². The van der Waals surface area contributed by atoms with Crippen LogP contribution in [0.4, 0.5) is 0 Å². The van der Waals surface area contributed by atoms with Gasteiger partial charge in [0.15, 0.2) is 0 Å². The van der Waals surface area contributed by atoms with Gasteiger partial charge in [0, 0.05) is 0 Å². The van der Waals surface area contributed by atoms with E-state index in [4.69, 9.17) is 0 Å². The quantitative estimate of drug-likeness (QED) is 0.351. The number of rotatable bonds is 10. The smallest absolute Gasteiger partial charge is 0.0300 e. The summed E-state index contributed by atoms with van der Waals surface area (Å²) in [5.74, 6) is 3.26. The highest BCUT2D eigenvalue weighted by Crippen LogP contribution is 2.49. The molecule has 2 saturated carbocycles. The van der Waals surface area contributed by atoms with Crippen molar-refractivity contribution in [2.45, 2.75) is 130 Å². The molecule has 0 nitrogen and oxygen atoms in total. The standard InChI is InChI=1S/C24H46/c1-4-7-8-9-10-18-24(6-3)19-16-23(17-20-24)22-14-12-21(11-5-2)13-15-22/h21-23H,4-20H2,1-3H3/t21?,22?,23-,24-. The van der Waals surface area contributed by atoms with Crippen molar-refractivity contribution < 1.29 is 0 Å². The zero-order valence-electron chi connectivity index (χ0n) is 17.3. The monoisotopic (exact) mass is 334 g/mol. The summed E-state index contributed by atoms with van der Waals surface area (Å²) in [6, 6.07) is 0. The Morgan fingerprint density at radius 3 is 1.88 bits per heavy atom. The van der Waals surface area contributed by atoms with Crippen LogP contribution in [0.25, 0.3) is 0 Å². The van der Waals surface area contributed by atoms with Crippen LogP contribution < -0.4 is 0 Å². The summed E-state index contributed by atoms with van der Waals surface area (Å²) >= 11 is 0. The lowest BCUT2D eigenvalue weighted by Crippen LogP contribution is -2.31. The molecule has 0 saturated heterocycles. The minimum atomic E-state index is 0.738. The van der Waals surface area contributed by atoms with E-state index in [0.717, 1.165) is 23.2 Å². The maximum Gasteiger partial charge on any atom is -0.0300 e. The van der Waals surface area contributed by atoms with Crippen LogP contribution in [0.2, 0.25) is 0 Å². The molecule has 0 aliphatic heterocycles. The molecule has 0 aromatic carbocycles. The van der Waals surface area contributed by atoms with E-state index in [9.17, 15) is 0 Å². The van der Waals surface area contributed by atoms with Crippen molar-refractivity contribution in [1.82, 2.24) is 0 Å². The summed E-state index contributed by atoms with van der Waals surface area (Å²) in [5.41, 5.74) is 0.738.